The van der Waals surface area contributed by atoms with Gasteiger partial charge in [0.2, 0.25) is 26.5 Å². The monoisotopic (exact) mass is 836 g/mol. The maximum atomic E-state index is 13.4. The molecule has 4 aliphatic rings. The number of amides is 2. The quantitative estimate of drug-likeness (QED) is 0.210. The minimum atomic E-state index is -3.67. The van der Waals surface area contributed by atoms with Crippen molar-refractivity contribution in [1.29, 1.82) is 0 Å². The number of nitrogens with zero attached hydrogens (tertiary/aromatic N) is 4. The Morgan fingerprint density at radius 1 is 0.655 bits per heavy atom. The van der Waals surface area contributed by atoms with Gasteiger partial charge < -0.3 is 19.3 Å². The van der Waals surface area contributed by atoms with Crippen LogP contribution in [-0.4, -0.2) is 114 Å². The molecule has 0 aromatic heterocycles. The Morgan fingerprint density at radius 2 is 1.12 bits per heavy atom. The molecule has 0 N–H and O–H groups in total. The molecule has 1 unspecified atom stereocenters. The van der Waals surface area contributed by atoms with Crippen LogP contribution in [0.4, 0.5) is 8.78 Å². The van der Waals surface area contributed by atoms with Crippen LogP contribution >= 0.6 is 0 Å². The van der Waals surface area contributed by atoms with Gasteiger partial charge in [-0.2, -0.15) is 8.61 Å². The molecular formula is C42H46F2N4O8S2. The van der Waals surface area contributed by atoms with Crippen molar-refractivity contribution < 1.29 is 44.7 Å². The van der Waals surface area contributed by atoms with Gasteiger partial charge in [-0.15, -0.1) is 0 Å². The molecule has 12 nitrogen and oxygen atoms in total. The highest BCUT2D eigenvalue weighted by Gasteiger charge is 2.53. The number of carbonyl (C=O) groups is 2. The number of benzene rings is 4. The van der Waals surface area contributed by atoms with Gasteiger partial charge in [-0.3, -0.25) is 9.59 Å². The Kier molecular flexibility index (Phi) is 11.7. The number of hydrogen-bond acceptors (Lipinski definition) is 8. The van der Waals surface area contributed by atoms with Gasteiger partial charge in [-0.05, 0) is 110 Å². The second-order valence-electron chi connectivity index (χ2n) is 15.5. The van der Waals surface area contributed by atoms with Crippen molar-refractivity contribution in [2.24, 2.45) is 10.8 Å². The summed E-state index contributed by atoms with van der Waals surface area (Å²) in [5.74, 6) is 0.289. The number of likely N-dealkylation sites (tertiary alicyclic amines) is 2. The molecule has 4 aromatic rings. The van der Waals surface area contributed by atoms with Gasteiger partial charge in [0.15, 0.2) is 0 Å². The van der Waals surface area contributed by atoms with Crippen LogP contribution in [0.2, 0.25) is 0 Å². The van der Waals surface area contributed by atoms with E-state index >= 15 is 0 Å². The zero-order chi connectivity index (χ0) is 41.3. The van der Waals surface area contributed by atoms with E-state index in [0.717, 1.165) is 24.8 Å². The van der Waals surface area contributed by atoms with Crippen molar-refractivity contribution in [2.75, 3.05) is 66.6 Å². The SMILES string of the molecule is COc1ccc(S(=O)(=O)N2CCC3(CC2)CN(C(=O)c2ccc(F)cc2)C3)cc1.COc1ccc(S(=O)(=O)N2CCC3(CN(C=O)C3)C(c3ccc(F)cc3)C2)cc1. The normalized spacial score (nSPS) is 20.3. The third-order valence-electron chi connectivity index (χ3n) is 12.1. The largest absolute Gasteiger partial charge is 0.497 e. The molecule has 4 saturated heterocycles. The van der Waals surface area contributed by atoms with Gasteiger partial charge >= 0.3 is 0 Å². The molecule has 2 amide bonds. The Labute approximate surface area is 338 Å². The highest BCUT2D eigenvalue weighted by atomic mass is 32.2. The molecule has 58 heavy (non-hydrogen) atoms. The summed E-state index contributed by atoms with van der Waals surface area (Å²) in [6.45, 7) is 3.97. The molecular weight excluding hydrogens is 791 g/mol. The lowest BCUT2D eigenvalue weighted by Gasteiger charge is -2.57. The van der Waals surface area contributed by atoms with Crippen LogP contribution in [-0.2, 0) is 24.8 Å². The summed E-state index contributed by atoms with van der Waals surface area (Å²) in [7, 11) is -4.14. The van der Waals surface area contributed by atoms with Gasteiger partial charge in [0, 0.05) is 74.7 Å². The molecule has 4 heterocycles. The van der Waals surface area contributed by atoms with Crippen molar-refractivity contribution >= 4 is 32.4 Å². The van der Waals surface area contributed by atoms with Crippen LogP contribution in [0.25, 0.3) is 0 Å². The third kappa shape index (κ3) is 8.20. The van der Waals surface area contributed by atoms with E-state index < -0.39 is 20.0 Å². The van der Waals surface area contributed by atoms with E-state index in [4.69, 9.17) is 9.47 Å². The lowest BCUT2D eigenvalue weighted by atomic mass is 9.63. The highest BCUT2D eigenvalue weighted by Crippen LogP contribution is 2.50. The molecule has 4 fully saturated rings. The molecule has 16 heteroatoms. The topological polar surface area (TPSA) is 134 Å². The molecule has 4 aliphatic heterocycles. The first kappa shape index (κ1) is 41.3. The Morgan fingerprint density at radius 3 is 1.60 bits per heavy atom. The number of piperidine rings is 2. The van der Waals surface area contributed by atoms with E-state index in [0.29, 0.717) is 75.8 Å². The van der Waals surface area contributed by atoms with Crippen LogP contribution in [0, 0.1) is 22.5 Å². The summed E-state index contributed by atoms with van der Waals surface area (Å²) in [6, 6.07) is 24.5. The fraction of sp³-hybridized carbons (Fsp3) is 0.381. The summed E-state index contributed by atoms with van der Waals surface area (Å²) in [5.41, 5.74) is 1.17. The average Bonchev–Trinajstić information content (AvgIpc) is 3.22. The van der Waals surface area contributed by atoms with E-state index in [9.17, 15) is 35.2 Å². The molecule has 1 atom stereocenters. The van der Waals surface area contributed by atoms with E-state index in [2.05, 4.69) is 0 Å². The van der Waals surface area contributed by atoms with E-state index in [1.165, 1.54) is 59.2 Å². The minimum Gasteiger partial charge on any atom is -0.497 e. The number of ether oxygens (including phenoxy) is 2. The highest BCUT2D eigenvalue weighted by molar-refractivity contribution is 7.89. The van der Waals surface area contributed by atoms with Crippen LogP contribution < -0.4 is 9.47 Å². The number of rotatable bonds is 9. The maximum absolute atomic E-state index is 13.4. The number of methoxy groups -OCH3 is 2. The fourth-order valence-electron chi connectivity index (χ4n) is 8.59. The zero-order valence-electron chi connectivity index (χ0n) is 32.3. The van der Waals surface area contributed by atoms with Gasteiger partial charge in [-0.25, -0.2) is 25.6 Å². The van der Waals surface area contributed by atoms with Gasteiger partial charge in [-0.1, -0.05) is 12.1 Å². The van der Waals surface area contributed by atoms with E-state index in [1.54, 1.807) is 70.5 Å². The first-order valence-corrected chi connectivity index (χ1v) is 21.9. The zero-order valence-corrected chi connectivity index (χ0v) is 33.9. The smallest absolute Gasteiger partial charge is 0.253 e. The summed E-state index contributed by atoms with van der Waals surface area (Å²) in [4.78, 5) is 27.6. The molecule has 308 valence electrons. The maximum Gasteiger partial charge on any atom is 0.253 e. The molecule has 0 saturated carbocycles. The van der Waals surface area contributed by atoms with Crippen molar-refractivity contribution in [3.8, 4) is 11.5 Å². The van der Waals surface area contributed by atoms with Crippen molar-refractivity contribution in [3.05, 3.63) is 120 Å². The summed E-state index contributed by atoms with van der Waals surface area (Å²) in [5, 5.41) is 0. The first-order valence-electron chi connectivity index (χ1n) is 19.0. The van der Waals surface area contributed by atoms with Crippen molar-refractivity contribution in [2.45, 2.75) is 35.0 Å². The van der Waals surface area contributed by atoms with Gasteiger partial charge in [0.05, 0.1) is 24.0 Å². The summed E-state index contributed by atoms with van der Waals surface area (Å²) in [6.07, 6.45) is 2.91. The summed E-state index contributed by atoms with van der Waals surface area (Å²) >= 11 is 0. The second-order valence-corrected chi connectivity index (χ2v) is 19.4. The van der Waals surface area contributed by atoms with Crippen LogP contribution in [0.3, 0.4) is 0 Å². The van der Waals surface area contributed by atoms with Crippen LogP contribution in [0.5, 0.6) is 11.5 Å². The lowest BCUT2D eigenvalue weighted by Crippen LogP contribution is -2.63. The molecule has 8 rings (SSSR count). The number of halogens is 2. The molecule has 0 bridgehead atoms. The molecule has 4 aromatic carbocycles. The van der Waals surface area contributed by atoms with E-state index in [-0.39, 0.29) is 44.1 Å². The fourth-order valence-corrected chi connectivity index (χ4v) is 11.5. The Balaban J connectivity index is 0.000000177. The molecule has 2 spiro atoms. The summed E-state index contributed by atoms with van der Waals surface area (Å²) < 4.78 is 91.9. The van der Waals surface area contributed by atoms with Crippen LogP contribution in [0.15, 0.2) is 107 Å². The minimum absolute atomic E-state index is 0.0262. The number of carbonyl (C=O) groups excluding carboxylic acids is 2. The van der Waals surface area contributed by atoms with Crippen LogP contribution in [0.1, 0.15) is 41.1 Å². The number of hydrogen-bond donors (Lipinski definition) is 0. The average molecular weight is 837 g/mol. The second kappa shape index (κ2) is 16.4. The van der Waals surface area contributed by atoms with Crippen molar-refractivity contribution in [3.63, 3.8) is 0 Å². The van der Waals surface area contributed by atoms with Crippen molar-refractivity contribution in [1.82, 2.24) is 18.4 Å². The van der Waals surface area contributed by atoms with Gasteiger partial charge in [0.1, 0.15) is 23.1 Å². The molecule has 0 aliphatic carbocycles. The molecule has 0 radical (unpaired) electrons. The third-order valence-corrected chi connectivity index (χ3v) is 15.8. The van der Waals surface area contributed by atoms with E-state index in [1.807, 2.05) is 0 Å². The van der Waals surface area contributed by atoms with Gasteiger partial charge in [0.25, 0.3) is 5.91 Å². The first-order chi connectivity index (χ1) is 27.7. The predicted molar refractivity (Wildman–Crippen MR) is 211 cm³/mol. The Bertz CT molecular complexity index is 2310. The standard InChI is InChI=1S/2C21H23FN2O4S/c1-28-18-6-8-19(9-7-18)29(26,27)24-12-10-21(11-13-24)14-23(15-21)20(25)16-2-4-17(22)5-3-16;1-28-18-6-8-19(9-7-18)29(26,27)24-11-10-21(13-23(14-21)15-25)20(12-24)16-2-4-17(22)5-3-16/h2-9H,10-15H2,1H3;2-9,15,20H,10-14H2,1H3. The Hall–Kier alpha value is -4.90. The predicted octanol–water partition coefficient (Wildman–Crippen LogP) is 5.23. The lowest BCUT2D eigenvalue weighted by molar-refractivity contribution is -0.133. The number of sulfonamides is 2.